The first-order valence-electron chi connectivity index (χ1n) is 4.62. The molecule has 0 aromatic heterocycles. The number of carbonyl (C=O) groups is 1. The summed E-state index contributed by atoms with van der Waals surface area (Å²) in [6.07, 6.45) is -0.495. The number of benzene rings is 1. The van der Waals surface area contributed by atoms with Gasteiger partial charge in [0.05, 0.1) is 5.25 Å². The fourth-order valence-electron chi connectivity index (χ4n) is 1.11. The smallest absolute Gasteiger partial charge is 0.411 e. The van der Waals surface area contributed by atoms with E-state index in [1.165, 1.54) is 0 Å². The molecule has 1 saturated heterocycles. The van der Waals surface area contributed by atoms with Crippen LogP contribution >= 0.6 is 0 Å². The van der Waals surface area contributed by atoms with Gasteiger partial charge < -0.3 is 4.74 Å². The zero-order chi connectivity index (χ0) is 10.7. The molecule has 80 valence electrons. The van der Waals surface area contributed by atoms with Gasteiger partial charge in [-0.05, 0) is 12.1 Å². The summed E-state index contributed by atoms with van der Waals surface area (Å²) in [4.78, 5) is 11.2. The van der Waals surface area contributed by atoms with Gasteiger partial charge in [-0.1, -0.05) is 18.2 Å². The van der Waals surface area contributed by atoms with Crippen molar-refractivity contribution in [3.8, 4) is 0 Å². The lowest BCUT2D eigenvalue weighted by molar-refractivity contribution is 0.165. The molecule has 0 spiro atoms. The molecule has 1 aliphatic heterocycles. The molecule has 15 heavy (non-hydrogen) atoms. The lowest BCUT2D eigenvalue weighted by Gasteiger charge is -2.04. The second-order valence-electron chi connectivity index (χ2n) is 3.26. The minimum absolute atomic E-state index is 0.0477. The lowest BCUT2D eigenvalue weighted by atomic mass is 10.3. The number of nitrogens with one attached hydrogen (secondary N) is 1. The van der Waals surface area contributed by atoms with Crippen LogP contribution in [0.4, 0.5) is 10.5 Å². The molecule has 1 N–H and O–H groups in total. The second kappa shape index (κ2) is 4.44. The Bertz CT molecular complexity index is 380. The van der Waals surface area contributed by atoms with Crippen molar-refractivity contribution >= 4 is 22.6 Å². The zero-order valence-electron chi connectivity index (χ0n) is 8.01. The fraction of sp³-hybridized carbons (Fsp3) is 0.300. The third-order valence-electron chi connectivity index (χ3n) is 2.03. The topological polar surface area (TPSA) is 55.4 Å². The van der Waals surface area contributed by atoms with E-state index < -0.39 is 16.9 Å². The Morgan fingerprint density at radius 1 is 1.47 bits per heavy atom. The van der Waals surface area contributed by atoms with Crippen molar-refractivity contribution in [3.05, 3.63) is 30.3 Å². The highest BCUT2D eigenvalue weighted by atomic mass is 32.2. The average Bonchev–Trinajstić information content (AvgIpc) is 2.93. The normalized spacial score (nSPS) is 23.2. The number of anilines is 1. The van der Waals surface area contributed by atoms with E-state index in [4.69, 9.17) is 4.74 Å². The summed E-state index contributed by atoms with van der Waals surface area (Å²) in [5.74, 6) is 0.651. The molecule has 0 radical (unpaired) electrons. The van der Waals surface area contributed by atoms with Crippen LogP contribution in [0.15, 0.2) is 30.3 Å². The molecule has 1 amide bonds. The van der Waals surface area contributed by atoms with Gasteiger partial charge in [0.25, 0.3) is 0 Å². The van der Waals surface area contributed by atoms with E-state index in [0.29, 0.717) is 11.4 Å². The van der Waals surface area contributed by atoms with E-state index in [1.54, 1.807) is 12.1 Å². The van der Waals surface area contributed by atoms with Crippen LogP contribution in [0.25, 0.3) is 0 Å². The molecule has 2 rings (SSSR count). The van der Waals surface area contributed by atoms with Crippen LogP contribution in [0.1, 0.15) is 0 Å². The molecule has 0 bridgehead atoms. The number of ether oxygens (including phenoxy) is 1. The van der Waals surface area contributed by atoms with Crippen LogP contribution in [0.3, 0.4) is 0 Å². The maximum atomic E-state index is 11.2. The SMILES string of the molecule is O=C(Nc1ccccc1)OCC1CS1=O. The van der Waals surface area contributed by atoms with Crippen LogP contribution in [0, 0.1) is 0 Å². The molecule has 1 heterocycles. The van der Waals surface area contributed by atoms with Gasteiger partial charge in [0.2, 0.25) is 0 Å². The van der Waals surface area contributed by atoms with E-state index in [1.807, 2.05) is 18.2 Å². The molecule has 1 aromatic carbocycles. The largest absolute Gasteiger partial charge is 0.448 e. The summed E-state index contributed by atoms with van der Waals surface area (Å²) in [7, 11) is -0.767. The fourth-order valence-corrected chi connectivity index (χ4v) is 1.88. The highest BCUT2D eigenvalue weighted by Gasteiger charge is 2.34. The van der Waals surface area contributed by atoms with Gasteiger partial charge in [0.1, 0.15) is 6.61 Å². The predicted molar refractivity (Wildman–Crippen MR) is 58.2 cm³/mol. The quantitative estimate of drug-likeness (QED) is 0.790. The van der Waals surface area contributed by atoms with E-state index in [0.717, 1.165) is 0 Å². The Morgan fingerprint density at radius 2 is 2.13 bits per heavy atom. The predicted octanol–water partition coefficient (Wildman–Crippen LogP) is 1.37. The van der Waals surface area contributed by atoms with Gasteiger partial charge >= 0.3 is 6.09 Å². The third-order valence-corrected chi connectivity index (χ3v) is 3.38. The van der Waals surface area contributed by atoms with E-state index in [9.17, 15) is 9.00 Å². The number of rotatable bonds is 3. The van der Waals surface area contributed by atoms with Crippen LogP contribution in [-0.4, -0.2) is 27.9 Å². The van der Waals surface area contributed by atoms with Crippen LogP contribution in [0.2, 0.25) is 0 Å². The van der Waals surface area contributed by atoms with Crippen molar-refractivity contribution in [2.45, 2.75) is 5.25 Å². The number of amides is 1. The molecule has 1 aliphatic rings. The Balaban J connectivity index is 1.75. The minimum Gasteiger partial charge on any atom is -0.448 e. The number of hydrogen-bond donors (Lipinski definition) is 1. The van der Waals surface area contributed by atoms with Crippen LogP contribution < -0.4 is 5.32 Å². The van der Waals surface area contributed by atoms with Crippen molar-refractivity contribution in [1.82, 2.24) is 0 Å². The first-order valence-corrected chi connectivity index (χ1v) is 6.00. The minimum atomic E-state index is -0.767. The number of carbonyl (C=O) groups excluding carboxylic acids is 1. The molecule has 0 aliphatic carbocycles. The summed E-state index contributed by atoms with van der Waals surface area (Å²) in [6, 6.07) is 9.06. The van der Waals surface area contributed by atoms with Crippen LogP contribution in [0.5, 0.6) is 0 Å². The molecule has 2 atom stereocenters. The molecule has 0 saturated carbocycles. The van der Waals surface area contributed by atoms with Crippen molar-refractivity contribution < 1.29 is 13.7 Å². The van der Waals surface area contributed by atoms with E-state index >= 15 is 0 Å². The first-order chi connectivity index (χ1) is 7.25. The lowest BCUT2D eigenvalue weighted by Crippen LogP contribution is -2.16. The molecule has 2 unspecified atom stereocenters. The molecular weight excluding hydrogens is 214 g/mol. The average molecular weight is 225 g/mol. The van der Waals surface area contributed by atoms with Crippen LogP contribution in [-0.2, 0) is 15.5 Å². The number of hydrogen-bond acceptors (Lipinski definition) is 3. The highest BCUT2D eigenvalue weighted by molar-refractivity contribution is 7.93. The van der Waals surface area contributed by atoms with E-state index in [2.05, 4.69) is 5.32 Å². The molecular formula is C10H11NO3S. The second-order valence-corrected chi connectivity index (χ2v) is 5.02. The number of para-hydroxylation sites is 1. The van der Waals surface area contributed by atoms with Gasteiger partial charge in [0, 0.05) is 22.2 Å². The van der Waals surface area contributed by atoms with Crippen molar-refractivity contribution in [3.63, 3.8) is 0 Å². The maximum Gasteiger partial charge on any atom is 0.411 e. The van der Waals surface area contributed by atoms with Gasteiger partial charge in [0.15, 0.2) is 0 Å². The molecule has 4 nitrogen and oxygen atoms in total. The van der Waals surface area contributed by atoms with E-state index in [-0.39, 0.29) is 11.9 Å². The van der Waals surface area contributed by atoms with Crippen molar-refractivity contribution in [2.24, 2.45) is 0 Å². The van der Waals surface area contributed by atoms with Gasteiger partial charge in [-0.3, -0.25) is 9.53 Å². The Kier molecular flexibility index (Phi) is 3.01. The van der Waals surface area contributed by atoms with Gasteiger partial charge in [-0.25, -0.2) is 4.79 Å². The summed E-state index contributed by atoms with van der Waals surface area (Å²) >= 11 is 0. The molecule has 5 heteroatoms. The van der Waals surface area contributed by atoms with Gasteiger partial charge in [-0.2, -0.15) is 0 Å². The first kappa shape index (κ1) is 10.2. The standard InChI is InChI=1S/C10H11NO3S/c12-10(14-6-9-7-15(9)13)11-8-4-2-1-3-5-8/h1-5,9H,6-7H2,(H,11,12). The Hall–Kier alpha value is -1.36. The summed E-state index contributed by atoms with van der Waals surface area (Å²) in [5.41, 5.74) is 0.694. The molecule has 1 aromatic rings. The Morgan fingerprint density at radius 3 is 2.73 bits per heavy atom. The van der Waals surface area contributed by atoms with Crippen molar-refractivity contribution in [2.75, 3.05) is 17.7 Å². The maximum absolute atomic E-state index is 11.2. The monoisotopic (exact) mass is 225 g/mol. The molecule has 1 fully saturated rings. The summed E-state index contributed by atoms with van der Waals surface area (Å²) in [6.45, 7) is 0.241. The van der Waals surface area contributed by atoms with Gasteiger partial charge in [-0.15, -0.1) is 0 Å². The zero-order valence-corrected chi connectivity index (χ0v) is 8.83. The Labute approximate surface area is 90.1 Å². The summed E-state index contributed by atoms with van der Waals surface area (Å²) < 4.78 is 15.7. The highest BCUT2D eigenvalue weighted by Crippen LogP contribution is 2.15. The third kappa shape index (κ3) is 3.06. The van der Waals surface area contributed by atoms with Crippen molar-refractivity contribution in [1.29, 1.82) is 0 Å². The summed E-state index contributed by atoms with van der Waals surface area (Å²) in [5, 5.41) is 2.63.